The van der Waals surface area contributed by atoms with Gasteiger partial charge in [0, 0.05) is 30.2 Å². The van der Waals surface area contributed by atoms with Crippen LogP contribution in [0.2, 0.25) is 0 Å². The number of rotatable bonds is 3. The molecule has 0 spiro atoms. The Hall–Kier alpha value is -1.56. The Labute approximate surface area is 154 Å². The maximum Gasteiger partial charge on any atom is 0.123 e. The molecule has 1 aliphatic rings. The van der Waals surface area contributed by atoms with Crippen molar-refractivity contribution in [2.45, 2.75) is 26.3 Å². The van der Waals surface area contributed by atoms with Gasteiger partial charge in [-0.15, -0.1) is 35.0 Å². The SMILES string of the molecule is CCN1CCC(n2c(C)cc3ccc(-n4cnnc4)cc32)C1.Cl.Cl. The highest BCUT2D eigenvalue weighted by Gasteiger charge is 2.24. The maximum absolute atomic E-state index is 3.90. The number of likely N-dealkylation sites (tertiary alicyclic amines) is 1. The molecule has 1 aromatic carbocycles. The molecule has 0 saturated carbocycles. The Bertz CT molecular complexity index is 797. The van der Waals surface area contributed by atoms with Crippen molar-refractivity contribution in [1.82, 2.24) is 24.2 Å². The molecule has 3 heterocycles. The minimum absolute atomic E-state index is 0. The van der Waals surface area contributed by atoms with Gasteiger partial charge in [-0.25, -0.2) is 0 Å². The van der Waals surface area contributed by atoms with Gasteiger partial charge in [0.1, 0.15) is 12.7 Å². The van der Waals surface area contributed by atoms with E-state index >= 15 is 0 Å². The van der Waals surface area contributed by atoms with Crippen LogP contribution in [0.15, 0.2) is 36.9 Å². The Morgan fingerprint density at radius 3 is 2.54 bits per heavy atom. The zero-order valence-electron chi connectivity index (χ0n) is 13.9. The molecule has 7 heteroatoms. The second-order valence-corrected chi connectivity index (χ2v) is 6.10. The second-order valence-electron chi connectivity index (χ2n) is 6.10. The van der Waals surface area contributed by atoms with Gasteiger partial charge in [0.15, 0.2) is 0 Å². The van der Waals surface area contributed by atoms with E-state index in [2.05, 4.69) is 57.8 Å². The lowest BCUT2D eigenvalue weighted by Crippen LogP contribution is -2.21. The van der Waals surface area contributed by atoms with Gasteiger partial charge >= 0.3 is 0 Å². The number of hydrogen-bond donors (Lipinski definition) is 0. The van der Waals surface area contributed by atoms with E-state index < -0.39 is 0 Å². The number of aromatic nitrogens is 4. The van der Waals surface area contributed by atoms with Gasteiger partial charge in [-0.2, -0.15) is 0 Å². The first-order chi connectivity index (χ1) is 10.8. The summed E-state index contributed by atoms with van der Waals surface area (Å²) >= 11 is 0. The van der Waals surface area contributed by atoms with E-state index in [1.165, 1.54) is 29.6 Å². The minimum atomic E-state index is 0. The van der Waals surface area contributed by atoms with Crippen molar-refractivity contribution in [1.29, 1.82) is 0 Å². The highest BCUT2D eigenvalue weighted by atomic mass is 35.5. The Balaban J connectivity index is 0.00000104. The number of benzene rings is 1. The van der Waals surface area contributed by atoms with E-state index in [9.17, 15) is 0 Å². The van der Waals surface area contributed by atoms with Crippen LogP contribution in [0.4, 0.5) is 0 Å². The number of halogens is 2. The van der Waals surface area contributed by atoms with Gasteiger partial charge in [0.2, 0.25) is 0 Å². The van der Waals surface area contributed by atoms with Crippen LogP contribution in [0.1, 0.15) is 25.1 Å². The Morgan fingerprint density at radius 1 is 1.12 bits per heavy atom. The van der Waals surface area contributed by atoms with Crippen molar-refractivity contribution in [2.75, 3.05) is 19.6 Å². The smallest absolute Gasteiger partial charge is 0.123 e. The van der Waals surface area contributed by atoms with E-state index in [1.807, 2.05) is 4.57 Å². The molecule has 0 amide bonds. The van der Waals surface area contributed by atoms with Crippen molar-refractivity contribution in [2.24, 2.45) is 0 Å². The lowest BCUT2D eigenvalue weighted by Gasteiger charge is -2.18. The molecule has 0 N–H and O–H groups in total. The molecule has 0 bridgehead atoms. The standard InChI is InChI=1S/C17H21N5.2ClH/c1-3-20-7-6-16(10-20)22-13(2)8-14-4-5-15(9-17(14)22)21-11-18-19-12-21;;/h4-5,8-9,11-12,16H,3,6-7,10H2,1-2H3;2*1H. The van der Waals surface area contributed by atoms with E-state index in [1.54, 1.807) is 12.7 Å². The molecule has 2 aromatic heterocycles. The molecule has 1 atom stereocenters. The molecule has 4 rings (SSSR count). The van der Waals surface area contributed by atoms with E-state index in [0.717, 1.165) is 18.8 Å². The largest absolute Gasteiger partial charge is 0.340 e. The molecule has 3 aromatic rings. The maximum atomic E-state index is 3.90. The fraction of sp³-hybridized carbons (Fsp3) is 0.412. The third-order valence-electron chi connectivity index (χ3n) is 4.79. The average molecular weight is 368 g/mol. The fourth-order valence-electron chi connectivity index (χ4n) is 3.64. The van der Waals surface area contributed by atoms with Crippen LogP contribution in [0.3, 0.4) is 0 Å². The molecule has 1 aliphatic heterocycles. The summed E-state index contributed by atoms with van der Waals surface area (Å²) in [5.74, 6) is 0. The van der Waals surface area contributed by atoms with Crippen LogP contribution in [0.25, 0.3) is 16.6 Å². The molecule has 1 unspecified atom stereocenters. The van der Waals surface area contributed by atoms with E-state index in [4.69, 9.17) is 0 Å². The molecular formula is C17H23Cl2N5. The molecule has 1 fully saturated rings. The minimum Gasteiger partial charge on any atom is -0.340 e. The first-order valence-electron chi connectivity index (χ1n) is 7.95. The number of nitrogens with zero attached hydrogens (tertiary/aromatic N) is 5. The second kappa shape index (κ2) is 7.55. The zero-order chi connectivity index (χ0) is 15.1. The summed E-state index contributed by atoms with van der Waals surface area (Å²) in [5, 5.41) is 9.12. The van der Waals surface area contributed by atoms with Crippen LogP contribution in [-0.2, 0) is 0 Å². The molecular weight excluding hydrogens is 345 g/mol. The molecule has 24 heavy (non-hydrogen) atoms. The normalized spacial score (nSPS) is 17.7. The summed E-state index contributed by atoms with van der Waals surface area (Å²) in [6, 6.07) is 9.44. The summed E-state index contributed by atoms with van der Waals surface area (Å²) in [6.07, 6.45) is 4.72. The lowest BCUT2D eigenvalue weighted by atomic mass is 10.2. The topological polar surface area (TPSA) is 38.9 Å². The van der Waals surface area contributed by atoms with Gasteiger partial charge in [0.25, 0.3) is 0 Å². The molecule has 1 saturated heterocycles. The summed E-state index contributed by atoms with van der Waals surface area (Å²) in [6.45, 7) is 7.95. The van der Waals surface area contributed by atoms with Crippen molar-refractivity contribution in [3.05, 3.63) is 42.6 Å². The van der Waals surface area contributed by atoms with Crippen molar-refractivity contribution in [3.8, 4) is 5.69 Å². The average Bonchev–Trinajstić information content (AvgIpc) is 3.25. The van der Waals surface area contributed by atoms with Gasteiger partial charge in [0.05, 0.1) is 11.2 Å². The van der Waals surface area contributed by atoms with Crippen LogP contribution in [0, 0.1) is 6.92 Å². The molecule has 0 aliphatic carbocycles. The highest BCUT2D eigenvalue weighted by Crippen LogP contribution is 2.30. The first kappa shape index (κ1) is 18.8. The molecule has 130 valence electrons. The summed E-state index contributed by atoms with van der Waals surface area (Å²) in [7, 11) is 0. The van der Waals surface area contributed by atoms with Crippen molar-refractivity contribution >= 4 is 35.7 Å². The van der Waals surface area contributed by atoms with Crippen molar-refractivity contribution in [3.63, 3.8) is 0 Å². The predicted octanol–water partition coefficient (Wildman–Crippen LogP) is 3.64. The quantitative estimate of drug-likeness (QED) is 0.709. The van der Waals surface area contributed by atoms with Gasteiger partial charge in [-0.1, -0.05) is 13.0 Å². The first-order valence-corrected chi connectivity index (χ1v) is 7.95. The predicted molar refractivity (Wildman–Crippen MR) is 102 cm³/mol. The highest BCUT2D eigenvalue weighted by molar-refractivity contribution is 5.85. The van der Waals surface area contributed by atoms with E-state index in [-0.39, 0.29) is 24.8 Å². The van der Waals surface area contributed by atoms with Crippen LogP contribution in [-0.4, -0.2) is 43.9 Å². The van der Waals surface area contributed by atoms with Gasteiger partial charge < -0.3 is 9.47 Å². The summed E-state index contributed by atoms with van der Waals surface area (Å²) in [4.78, 5) is 2.53. The molecule has 5 nitrogen and oxygen atoms in total. The number of fused-ring (bicyclic) bond motifs is 1. The van der Waals surface area contributed by atoms with Crippen LogP contribution in [0.5, 0.6) is 0 Å². The Kier molecular flexibility index (Phi) is 5.91. The summed E-state index contributed by atoms with van der Waals surface area (Å²) in [5.41, 5.74) is 3.77. The van der Waals surface area contributed by atoms with Crippen LogP contribution < -0.4 is 0 Å². The number of hydrogen-bond acceptors (Lipinski definition) is 3. The lowest BCUT2D eigenvalue weighted by molar-refractivity contribution is 0.342. The van der Waals surface area contributed by atoms with E-state index in [0.29, 0.717) is 6.04 Å². The fourth-order valence-corrected chi connectivity index (χ4v) is 3.64. The zero-order valence-corrected chi connectivity index (χ0v) is 15.6. The number of aryl methyl sites for hydroxylation is 1. The number of likely N-dealkylation sites (N-methyl/N-ethyl adjacent to an activating group) is 1. The monoisotopic (exact) mass is 367 g/mol. The third-order valence-corrected chi connectivity index (χ3v) is 4.79. The third kappa shape index (κ3) is 3.16. The Morgan fingerprint density at radius 2 is 1.88 bits per heavy atom. The summed E-state index contributed by atoms with van der Waals surface area (Å²) < 4.78 is 4.47. The van der Waals surface area contributed by atoms with Gasteiger partial charge in [-0.3, -0.25) is 4.57 Å². The van der Waals surface area contributed by atoms with Crippen LogP contribution >= 0.6 is 24.8 Å². The molecule has 0 radical (unpaired) electrons. The van der Waals surface area contributed by atoms with Gasteiger partial charge in [-0.05, 0) is 38.1 Å². The van der Waals surface area contributed by atoms with Crippen molar-refractivity contribution < 1.29 is 0 Å².